The van der Waals surface area contributed by atoms with Crippen LogP contribution in [0.25, 0.3) is 0 Å². The Morgan fingerprint density at radius 3 is 2.48 bits per heavy atom. The summed E-state index contributed by atoms with van der Waals surface area (Å²) in [5, 5.41) is 4.48. The van der Waals surface area contributed by atoms with Gasteiger partial charge in [0.05, 0.1) is 18.3 Å². The Labute approximate surface area is 160 Å². The minimum atomic E-state index is -0.00915. The Bertz CT molecular complexity index is 850. The van der Waals surface area contributed by atoms with Gasteiger partial charge in [-0.25, -0.2) is 0 Å². The molecule has 0 unspecified atom stereocenters. The molecule has 3 rings (SSSR count). The SMILES string of the molecule is CCOc1ccc(C(=O)CCC(=O)N2CC(n3nc(C)cc3C)C2)cc1C. The Hall–Kier alpha value is -2.63. The summed E-state index contributed by atoms with van der Waals surface area (Å²) in [6, 6.07) is 7.71. The highest BCUT2D eigenvalue weighted by atomic mass is 16.5. The van der Waals surface area contributed by atoms with Gasteiger partial charge in [-0.2, -0.15) is 5.10 Å². The van der Waals surface area contributed by atoms with E-state index in [1.807, 2.05) is 50.6 Å². The number of benzene rings is 1. The maximum Gasteiger partial charge on any atom is 0.223 e. The van der Waals surface area contributed by atoms with E-state index in [1.54, 1.807) is 11.0 Å². The standard InChI is InChI=1S/C21H27N3O3/c1-5-27-20-8-6-17(10-14(20)2)19(25)7-9-21(26)23-12-18(13-23)24-16(4)11-15(3)22-24/h6,8,10-11,18H,5,7,9,12-13H2,1-4H3. The van der Waals surface area contributed by atoms with Gasteiger partial charge in [0.15, 0.2) is 5.78 Å². The van der Waals surface area contributed by atoms with Crippen molar-refractivity contribution in [3.63, 3.8) is 0 Å². The monoisotopic (exact) mass is 369 g/mol. The lowest BCUT2D eigenvalue weighted by Gasteiger charge is -2.39. The van der Waals surface area contributed by atoms with E-state index < -0.39 is 0 Å². The molecule has 0 radical (unpaired) electrons. The molecule has 1 aliphatic heterocycles. The Balaban J connectivity index is 1.49. The number of hydrogen-bond acceptors (Lipinski definition) is 4. The van der Waals surface area contributed by atoms with Crippen molar-refractivity contribution in [2.24, 2.45) is 0 Å². The molecule has 0 saturated carbocycles. The van der Waals surface area contributed by atoms with E-state index >= 15 is 0 Å². The van der Waals surface area contributed by atoms with Crippen molar-refractivity contribution < 1.29 is 14.3 Å². The second-order valence-electron chi connectivity index (χ2n) is 7.16. The second kappa shape index (κ2) is 7.94. The van der Waals surface area contributed by atoms with E-state index in [4.69, 9.17) is 4.74 Å². The Kier molecular flexibility index (Phi) is 5.63. The van der Waals surface area contributed by atoms with Crippen molar-refractivity contribution >= 4 is 11.7 Å². The molecule has 27 heavy (non-hydrogen) atoms. The Morgan fingerprint density at radius 2 is 1.89 bits per heavy atom. The van der Waals surface area contributed by atoms with E-state index in [2.05, 4.69) is 5.10 Å². The van der Waals surface area contributed by atoms with Gasteiger partial charge in [-0.15, -0.1) is 0 Å². The van der Waals surface area contributed by atoms with Crippen LogP contribution < -0.4 is 4.74 Å². The number of ketones is 1. The number of aromatic nitrogens is 2. The van der Waals surface area contributed by atoms with Crippen LogP contribution in [0.4, 0.5) is 0 Å². The molecular formula is C21H27N3O3. The zero-order valence-corrected chi connectivity index (χ0v) is 16.5. The van der Waals surface area contributed by atoms with Crippen LogP contribution in [0.1, 0.15) is 53.1 Å². The van der Waals surface area contributed by atoms with E-state index in [0.29, 0.717) is 25.3 Å². The van der Waals surface area contributed by atoms with Gasteiger partial charge in [0, 0.05) is 37.2 Å². The van der Waals surface area contributed by atoms with Crippen LogP contribution in [0.2, 0.25) is 0 Å². The number of carbonyl (C=O) groups excluding carboxylic acids is 2. The van der Waals surface area contributed by atoms with Crippen LogP contribution in [0, 0.1) is 20.8 Å². The van der Waals surface area contributed by atoms with Gasteiger partial charge in [0.2, 0.25) is 5.91 Å². The molecule has 6 nitrogen and oxygen atoms in total. The lowest BCUT2D eigenvalue weighted by Crippen LogP contribution is -2.51. The molecule has 1 aromatic heterocycles. The molecule has 0 aliphatic carbocycles. The van der Waals surface area contributed by atoms with Crippen molar-refractivity contribution in [1.82, 2.24) is 14.7 Å². The molecule has 1 fully saturated rings. The molecule has 2 heterocycles. The number of rotatable bonds is 7. The van der Waals surface area contributed by atoms with E-state index in [0.717, 1.165) is 22.7 Å². The lowest BCUT2D eigenvalue weighted by atomic mass is 10.0. The van der Waals surface area contributed by atoms with E-state index in [9.17, 15) is 9.59 Å². The maximum absolute atomic E-state index is 12.4. The number of aryl methyl sites for hydroxylation is 3. The fourth-order valence-electron chi connectivity index (χ4n) is 3.49. The molecule has 0 spiro atoms. The van der Waals surface area contributed by atoms with Gasteiger partial charge < -0.3 is 9.64 Å². The molecule has 2 aromatic rings. The maximum atomic E-state index is 12.4. The summed E-state index contributed by atoms with van der Waals surface area (Å²) < 4.78 is 7.49. The third kappa shape index (κ3) is 4.21. The Morgan fingerprint density at radius 1 is 1.15 bits per heavy atom. The average molecular weight is 369 g/mol. The predicted molar refractivity (Wildman–Crippen MR) is 103 cm³/mol. The molecule has 1 amide bonds. The zero-order valence-electron chi connectivity index (χ0n) is 16.5. The largest absolute Gasteiger partial charge is 0.494 e. The second-order valence-corrected chi connectivity index (χ2v) is 7.16. The fraction of sp³-hybridized carbons (Fsp3) is 0.476. The lowest BCUT2D eigenvalue weighted by molar-refractivity contribution is -0.137. The number of nitrogens with zero attached hydrogens (tertiary/aromatic N) is 3. The van der Waals surface area contributed by atoms with Crippen molar-refractivity contribution in [2.45, 2.75) is 46.6 Å². The van der Waals surface area contributed by atoms with Crippen molar-refractivity contribution in [3.05, 3.63) is 46.8 Å². The van der Waals surface area contributed by atoms with Crippen LogP contribution in [-0.4, -0.2) is 46.1 Å². The van der Waals surface area contributed by atoms with Crippen molar-refractivity contribution in [3.8, 4) is 5.75 Å². The van der Waals surface area contributed by atoms with E-state index in [-0.39, 0.29) is 30.6 Å². The van der Waals surface area contributed by atoms with Gasteiger partial charge in [0.1, 0.15) is 5.75 Å². The zero-order chi connectivity index (χ0) is 19.6. The normalized spacial score (nSPS) is 14.1. The van der Waals surface area contributed by atoms with Gasteiger partial charge >= 0.3 is 0 Å². The highest BCUT2D eigenvalue weighted by molar-refractivity contribution is 5.98. The first kappa shape index (κ1) is 19.1. The van der Waals surface area contributed by atoms with E-state index in [1.165, 1.54) is 0 Å². The number of amides is 1. The van der Waals surface area contributed by atoms with Crippen LogP contribution in [0.5, 0.6) is 5.75 Å². The number of likely N-dealkylation sites (tertiary alicyclic amines) is 1. The molecule has 0 bridgehead atoms. The smallest absolute Gasteiger partial charge is 0.223 e. The number of Topliss-reactive ketones (excluding diaryl/α,β-unsaturated/α-hetero) is 1. The number of ether oxygens (including phenoxy) is 1. The summed E-state index contributed by atoms with van der Waals surface area (Å²) in [4.78, 5) is 26.6. The van der Waals surface area contributed by atoms with Gasteiger partial charge in [0.25, 0.3) is 0 Å². The minimum Gasteiger partial charge on any atom is -0.494 e. The highest BCUT2D eigenvalue weighted by Gasteiger charge is 2.33. The number of carbonyl (C=O) groups is 2. The van der Waals surface area contributed by atoms with Crippen LogP contribution in [0.3, 0.4) is 0 Å². The first-order valence-corrected chi connectivity index (χ1v) is 9.46. The quantitative estimate of drug-likeness (QED) is 0.703. The molecule has 6 heteroatoms. The first-order valence-electron chi connectivity index (χ1n) is 9.46. The minimum absolute atomic E-state index is 0.00915. The van der Waals surface area contributed by atoms with Crippen molar-refractivity contribution in [1.29, 1.82) is 0 Å². The predicted octanol–water partition coefficient (Wildman–Crippen LogP) is 3.25. The first-order chi connectivity index (χ1) is 12.9. The molecule has 0 atom stereocenters. The van der Waals surface area contributed by atoms with Gasteiger partial charge in [-0.3, -0.25) is 14.3 Å². The molecule has 0 N–H and O–H groups in total. The van der Waals surface area contributed by atoms with Gasteiger partial charge in [-0.1, -0.05) is 0 Å². The topological polar surface area (TPSA) is 64.4 Å². The fourth-order valence-corrected chi connectivity index (χ4v) is 3.49. The average Bonchev–Trinajstić information content (AvgIpc) is 2.91. The van der Waals surface area contributed by atoms with Crippen LogP contribution in [0.15, 0.2) is 24.3 Å². The summed E-state index contributed by atoms with van der Waals surface area (Å²) in [5.74, 6) is 0.815. The van der Waals surface area contributed by atoms with Crippen molar-refractivity contribution in [2.75, 3.05) is 19.7 Å². The molecular weight excluding hydrogens is 342 g/mol. The molecule has 1 saturated heterocycles. The number of hydrogen-bond donors (Lipinski definition) is 0. The summed E-state index contributed by atoms with van der Waals surface area (Å²) in [6.45, 7) is 9.78. The summed E-state index contributed by atoms with van der Waals surface area (Å²) >= 11 is 0. The molecule has 1 aliphatic rings. The summed E-state index contributed by atoms with van der Waals surface area (Å²) in [6.07, 6.45) is 0.474. The van der Waals surface area contributed by atoms with Crippen LogP contribution >= 0.6 is 0 Å². The van der Waals surface area contributed by atoms with Crippen LogP contribution in [-0.2, 0) is 4.79 Å². The third-order valence-corrected chi connectivity index (χ3v) is 4.97. The summed E-state index contributed by atoms with van der Waals surface area (Å²) in [7, 11) is 0. The molecule has 1 aromatic carbocycles. The van der Waals surface area contributed by atoms with Gasteiger partial charge in [-0.05, 0) is 57.5 Å². The summed E-state index contributed by atoms with van der Waals surface area (Å²) in [5.41, 5.74) is 3.68. The third-order valence-electron chi connectivity index (χ3n) is 4.97. The highest BCUT2D eigenvalue weighted by Crippen LogP contribution is 2.24. The molecule has 144 valence electrons.